The topological polar surface area (TPSA) is 0 Å². The van der Waals surface area contributed by atoms with Crippen LogP contribution in [0.25, 0.3) is 0 Å². The Bertz CT molecular complexity index is 617. The fourth-order valence-electron chi connectivity index (χ4n) is 6.09. The molecule has 2 bridgehead atoms. The number of aryl methyl sites for hydroxylation is 1. The molecule has 0 heterocycles. The molecule has 0 aliphatic heterocycles. The van der Waals surface area contributed by atoms with Gasteiger partial charge >= 0.3 is 0 Å². The molecule has 4 aliphatic carbocycles. The summed E-state index contributed by atoms with van der Waals surface area (Å²) >= 11 is 0. The van der Waals surface area contributed by atoms with E-state index in [1.165, 1.54) is 70.6 Å². The number of hydrogen-bond donors (Lipinski definition) is 0. The van der Waals surface area contributed by atoms with Crippen molar-refractivity contribution in [2.75, 3.05) is 0 Å². The van der Waals surface area contributed by atoms with Crippen molar-refractivity contribution in [2.45, 2.75) is 76.5 Å². The molecular formula is C22H28. The Kier molecular flexibility index (Phi) is 3.03. The molecule has 22 heavy (non-hydrogen) atoms. The van der Waals surface area contributed by atoms with Crippen LogP contribution in [-0.2, 0) is 12.8 Å². The highest BCUT2D eigenvalue weighted by Crippen LogP contribution is 2.58. The maximum absolute atomic E-state index is 2.63. The van der Waals surface area contributed by atoms with Crippen LogP contribution in [0.1, 0.15) is 80.4 Å². The largest absolute Gasteiger partial charge is 0.0850 e. The molecule has 0 N–H and O–H groups in total. The molecule has 0 nitrogen and oxygen atoms in total. The third-order valence-corrected chi connectivity index (χ3v) is 7.39. The molecule has 5 rings (SSSR count). The summed E-state index contributed by atoms with van der Waals surface area (Å²) in [5.74, 6) is 1.84. The Hall–Kier alpha value is -1.04. The molecule has 4 aliphatic rings. The monoisotopic (exact) mass is 292 g/mol. The summed E-state index contributed by atoms with van der Waals surface area (Å²) in [5, 5.41) is 0. The first kappa shape index (κ1) is 13.4. The van der Waals surface area contributed by atoms with E-state index in [1.54, 1.807) is 22.3 Å². The van der Waals surface area contributed by atoms with Crippen LogP contribution in [0.5, 0.6) is 0 Å². The molecular weight excluding hydrogens is 264 g/mol. The van der Waals surface area contributed by atoms with Crippen LogP contribution in [0, 0.1) is 11.3 Å². The molecule has 1 aromatic rings. The number of benzene rings is 1. The second kappa shape index (κ2) is 4.98. The van der Waals surface area contributed by atoms with E-state index in [0.29, 0.717) is 5.41 Å². The van der Waals surface area contributed by atoms with Crippen molar-refractivity contribution in [3.63, 3.8) is 0 Å². The van der Waals surface area contributed by atoms with E-state index < -0.39 is 0 Å². The summed E-state index contributed by atoms with van der Waals surface area (Å²) in [4.78, 5) is 0. The number of allylic oxidation sites excluding steroid dienone is 2. The van der Waals surface area contributed by atoms with Crippen LogP contribution in [-0.4, -0.2) is 0 Å². The first-order chi connectivity index (χ1) is 10.8. The lowest BCUT2D eigenvalue weighted by Crippen LogP contribution is -2.33. The van der Waals surface area contributed by atoms with Crippen LogP contribution in [0.4, 0.5) is 0 Å². The molecule has 0 heteroatoms. The molecule has 0 saturated heterocycles. The Labute approximate surface area is 135 Å². The third-order valence-electron chi connectivity index (χ3n) is 7.39. The summed E-state index contributed by atoms with van der Waals surface area (Å²) in [7, 11) is 0. The van der Waals surface area contributed by atoms with Crippen LogP contribution >= 0.6 is 0 Å². The molecule has 1 spiro atoms. The molecule has 1 aromatic carbocycles. The standard InChI is InChI=1S/C22H28/c1-2-4-17(5-3-1)19-8-7-18-10-11-22(15-20(18)13-19)14-16-6-9-21(22)12-16/h6-8,13,17,21H,1-5,9-12,14-15H2. The van der Waals surface area contributed by atoms with Gasteiger partial charge in [0.1, 0.15) is 0 Å². The van der Waals surface area contributed by atoms with Crippen molar-refractivity contribution in [3.05, 3.63) is 46.5 Å². The summed E-state index contributed by atoms with van der Waals surface area (Å²) in [6, 6.07) is 7.58. The summed E-state index contributed by atoms with van der Waals surface area (Å²) in [6.45, 7) is 0. The Morgan fingerprint density at radius 3 is 2.64 bits per heavy atom. The summed E-state index contributed by atoms with van der Waals surface area (Å²) in [6.07, 6.45) is 18.2. The van der Waals surface area contributed by atoms with Crippen LogP contribution in [0.2, 0.25) is 0 Å². The molecule has 0 aromatic heterocycles. The molecule has 2 atom stereocenters. The van der Waals surface area contributed by atoms with Gasteiger partial charge in [-0.1, -0.05) is 49.1 Å². The predicted molar refractivity (Wildman–Crippen MR) is 92.2 cm³/mol. The maximum Gasteiger partial charge on any atom is -0.0162 e. The van der Waals surface area contributed by atoms with E-state index in [2.05, 4.69) is 24.3 Å². The van der Waals surface area contributed by atoms with Crippen LogP contribution < -0.4 is 0 Å². The van der Waals surface area contributed by atoms with E-state index in [-0.39, 0.29) is 0 Å². The predicted octanol–water partition coefficient (Wildman–Crippen LogP) is 5.95. The normalized spacial score (nSPS) is 34.0. The van der Waals surface area contributed by atoms with Crippen molar-refractivity contribution in [1.82, 2.24) is 0 Å². The average Bonchev–Trinajstić information content (AvgIpc) is 3.16. The number of hydrogen-bond acceptors (Lipinski definition) is 0. The Balaban J connectivity index is 1.44. The smallest absolute Gasteiger partial charge is 0.0162 e. The van der Waals surface area contributed by atoms with Gasteiger partial charge in [-0.25, -0.2) is 0 Å². The highest BCUT2D eigenvalue weighted by atomic mass is 14.5. The van der Waals surface area contributed by atoms with Gasteiger partial charge in [-0.05, 0) is 85.3 Å². The maximum atomic E-state index is 2.63. The van der Waals surface area contributed by atoms with Crippen molar-refractivity contribution in [3.8, 4) is 0 Å². The van der Waals surface area contributed by atoms with Gasteiger partial charge in [0.2, 0.25) is 0 Å². The Morgan fingerprint density at radius 1 is 0.955 bits per heavy atom. The molecule has 116 valence electrons. The van der Waals surface area contributed by atoms with Crippen LogP contribution in [0.3, 0.4) is 0 Å². The lowest BCUT2D eigenvalue weighted by Gasteiger charge is -2.41. The molecule has 2 fully saturated rings. The minimum atomic E-state index is 0.655. The fraction of sp³-hybridized carbons (Fsp3) is 0.636. The minimum absolute atomic E-state index is 0.655. The fourth-order valence-corrected chi connectivity index (χ4v) is 6.09. The minimum Gasteiger partial charge on any atom is -0.0850 e. The number of fused-ring (bicyclic) bond motifs is 4. The van der Waals surface area contributed by atoms with E-state index in [1.807, 2.05) is 0 Å². The second-order valence-corrected chi connectivity index (χ2v) is 8.58. The zero-order chi connectivity index (χ0) is 14.6. The third kappa shape index (κ3) is 2.02. The lowest BCUT2D eigenvalue weighted by atomic mass is 9.64. The highest BCUT2D eigenvalue weighted by Gasteiger charge is 2.48. The van der Waals surface area contributed by atoms with Crippen molar-refractivity contribution < 1.29 is 0 Å². The van der Waals surface area contributed by atoms with E-state index >= 15 is 0 Å². The SMILES string of the molecule is C1=C2CC(C1)C1(CCc3ccc(C4CCCCC4)cc3C1)C2. The van der Waals surface area contributed by atoms with Gasteiger partial charge < -0.3 is 0 Å². The summed E-state index contributed by atoms with van der Waals surface area (Å²) < 4.78 is 0. The van der Waals surface area contributed by atoms with Crippen LogP contribution in [0.15, 0.2) is 29.8 Å². The molecule has 2 unspecified atom stereocenters. The zero-order valence-electron chi connectivity index (χ0n) is 13.7. The van der Waals surface area contributed by atoms with Gasteiger partial charge in [-0.3, -0.25) is 0 Å². The molecule has 2 saturated carbocycles. The van der Waals surface area contributed by atoms with Crippen molar-refractivity contribution in [2.24, 2.45) is 11.3 Å². The average molecular weight is 292 g/mol. The number of rotatable bonds is 1. The Morgan fingerprint density at radius 2 is 1.86 bits per heavy atom. The quantitative estimate of drug-likeness (QED) is 0.561. The van der Waals surface area contributed by atoms with Crippen molar-refractivity contribution >= 4 is 0 Å². The molecule has 0 radical (unpaired) electrons. The van der Waals surface area contributed by atoms with E-state index in [4.69, 9.17) is 0 Å². The van der Waals surface area contributed by atoms with Gasteiger partial charge in [0.15, 0.2) is 0 Å². The zero-order valence-corrected chi connectivity index (χ0v) is 13.7. The van der Waals surface area contributed by atoms with Gasteiger partial charge in [0.05, 0.1) is 0 Å². The summed E-state index contributed by atoms with van der Waals surface area (Å²) in [5.41, 5.74) is 7.50. The highest BCUT2D eigenvalue weighted by molar-refractivity contribution is 5.39. The van der Waals surface area contributed by atoms with Crippen molar-refractivity contribution in [1.29, 1.82) is 0 Å². The second-order valence-electron chi connectivity index (χ2n) is 8.58. The van der Waals surface area contributed by atoms with Gasteiger partial charge in [-0.2, -0.15) is 0 Å². The van der Waals surface area contributed by atoms with Gasteiger partial charge in [0, 0.05) is 0 Å². The lowest BCUT2D eigenvalue weighted by molar-refractivity contribution is 0.168. The first-order valence-corrected chi connectivity index (χ1v) is 9.62. The van der Waals surface area contributed by atoms with E-state index in [0.717, 1.165) is 11.8 Å². The van der Waals surface area contributed by atoms with Gasteiger partial charge in [-0.15, -0.1) is 0 Å². The molecule has 0 amide bonds. The van der Waals surface area contributed by atoms with E-state index in [9.17, 15) is 0 Å². The van der Waals surface area contributed by atoms with Gasteiger partial charge in [0.25, 0.3) is 0 Å². The first-order valence-electron chi connectivity index (χ1n) is 9.62.